The lowest BCUT2D eigenvalue weighted by Gasteiger charge is -2.50. The van der Waals surface area contributed by atoms with Crippen LogP contribution >= 0.6 is 50.7 Å². The number of fused-ring (bicyclic) bond motifs is 2. The van der Waals surface area contributed by atoms with E-state index in [0.717, 1.165) is 5.56 Å². The van der Waals surface area contributed by atoms with Crippen LogP contribution in [0.4, 0.5) is 9.18 Å². The molecule has 14 heteroatoms. The number of esters is 1. The van der Waals surface area contributed by atoms with E-state index < -0.39 is 39.4 Å². The molecule has 2 aliphatic heterocycles. The first kappa shape index (κ1) is 35.1. The summed E-state index contributed by atoms with van der Waals surface area (Å²) in [5.41, 5.74) is 0.158. The summed E-state index contributed by atoms with van der Waals surface area (Å²) in [6.07, 6.45) is -0.546. The van der Waals surface area contributed by atoms with Crippen LogP contribution in [0.5, 0.6) is 11.5 Å². The van der Waals surface area contributed by atoms with Crippen LogP contribution in [0.15, 0.2) is 52.5 Å². The summed E-state index contributed by atoms with van der Waals surface area (Å²) in [6.45, 7) is 6.83. The lowest BCUT2D eigenvalue weighted by atomic mass is 9.82. The fraction of sp³-hybridized carbons (Fsp3) is 0.452. The van der Waals surface area contributed by atoms with Gasteiger partial charge in [0.15, 0.2) is 5.60 Å². The molecule has 2 aromatic carbocycles. The third kappa shape index (κ3) is 8.17. The van der Waals surface area contributed by atoms with E-state index in [-0.39, 0.29) is 50.8 Å². The minimum absolute atomic E-state index is 0.0510. The first-order valence-electron chi connectivity index (χ1n) is 14.2. The molecule has 2 bridgehead atoms. The quantitative estimate of drug-likeness (QED) is 0.156. The smallest absolute Gasteiger partial charge is 0.411 e. The van der Waals surface area contributed by atoms with Crippen LogP contribution in [0, 0.1) is 5.82 Å². The van der Waals surface area contributed by atoms with E-state index in [1.54, 1.807) is 30.0 Å². The van der Waals surface area contributed by atoms with Gasteiger partial charge in [0.25, 0.3) is 0 Å². The molecule has 2 atom stereocenters. The van der Waals surface area contributed by atoms with Gasteiger partial charge in [-0.1, -0.05) is 46.9 Å². The van der Waals surface area contributed by atoms with Crippen LogP contribution in [-0.2, 0) is 19.1 Å². The first-order chi connectivity index (χ1) is 21.1. The zero-order valence-corrected chi connectivity index (χ0v) is 28.9. The Balaban J connectivity index is 1.59. The van der Waals surface area contributed by atoms with Crippen LogP contribution in [-0.4, -0.2) is 82.2 Å². The Hall–Kier alpha value is -2.73. The summed E-state index contributed by atoms with van der Waals surface area (Å²) in [5.74, 6) is -0.291. The number of benzene rings is 2. The van der Waals surface area contributed by atoms with Crippen LogP contribution in [0.25, 0.3) is 5.57 Å². The SMILES string of the molecule is CCOC(=O)C1=C(c2ccc(OCCOc3cc(F)ccc3Br)cc2)CC2CN(C(C)=O)CC1N2C(=O)OC(C)(C)C(Cl)(Cl)Cl. The van der Waals surface area contributed by atoms with Crippen molar-refractivity contribution in [3.8, 4) is 11.5 Å². The van der Waals surface area contributed by atoms with E-state index in [4.69, 9.17) is 53.8 Å². The third-order valence-electron chi connectivity index (χ3n) is 7.53. The molecule has 2 aromatic rings. The maximum absolute atomic E-state index is 13.6. The molecular weight excluding hydrogens is 718 g/mol. The number of hydrogen-bond donors (Lipinski definition) is 0. The summed E-state index contributed by atoms with van der Waals surface area (Å²) in [4.78, 5) is 42.6. The second-order valence-electron chi connectivity index (χ2n) is 11.0. The van der Waals surface area contributed by atoms with Crippen LogP contribution in [0.3, 0.4) is 0 Å². The molecule has 1 fully saturated rings. The second kappa shape index (κ2) is 14.4. The van der Waals surface area contributed by atoms with E-state index in [1.807, 2.05) is 12.1 Å². The third-order valence-corrected chi connectivity index (χ3v) is 9.55. The maximum atomic E-state index is 13.6. The molecule has 0 radical (unpaired) electrons. The summed E-state index contributed by atoms with van der Waals surface area (Å²) in [7, 11) is 0. The highest BCUT2D eigenvalue weighted by atomic mass is 79.9. The van der Waals surface area contributed by atoms with Gasteiger partial charge < -0.3 is 23.8 Å². The van der Waals surface area contributed by atoms with Crippen molar-refractivity contribution in [3.05, 3.63) is 63.9 Å². The zero-order chi connectivity index (χ0) is 33.1. The monoisotopic (exact) mass is 748 g/mol. The van der Waals surface area contributed by atoms with Crippen LogP contribution < -0.4 is 9.47 Å². The Labute approximate surface area is 284 Å². The van der Waals surface area contributed by atoms with E-state index >= 15 is 0 Å². The molecule has 0 aromatic heterocycles. The first-order valence-corrected chi connectivity index (χ1v) is 16.1. The number of carbonyl (C=O) groups excluding carboxylic acids is 3. The molecule has 2 amide bonds. The number of nitrogens with zero attached hydrogens (tertiary/aromatic N) is 2. The standard InChI is InChI=1S/C31H33BrCl3FN2O7/c1-5-42-28(40)27-23(19-6-9-22(10-7-19)43-12-13-44-26-14-20(36)8-11-24(26)32)15-21-16-37(18(2)39)17-25(27)38(21)29(41)45-30(3,4)31(33,34)35/h6-11,14,21,25H,5,12-13,15-17H2,1-4H3. The molecule has 9 nitrogen and oxygen atoms in total. The maximum Gasteiger partial charge on any atom is 0.411 e. The Morgan fingerprint density at radius 2 is 1.69 bits per heavy atom. The predicted molar refractivity (Wildman–Crippen MR) is 172 cm³/mol. The fourth-order valence-corrected chi connectivity index (χ4v) is 5.64. The van der Waals surface area contributed by atoms with Gasteiger partial charge in [0.2, 0.25) is 9.70 Å². The lowest BCUT2D eigenvalue weighted by Crippen LogP contribution is -2.65. The van der Waals surface area contributed by atoms with Gasteiger partial charge in [-0.05, 0) is 78.5 Å². The van der Waals surface area contributed by atoms with Crippen molar-refractivity contribution >= 4 is 74.3 Å². The Bertz CT molecular complexity index is 1470. The number of alkyl halides is 3. The number of hydrogen-bond acceptors (Lipinski definition) is 7. The Morgan fingerprint density at radius 3 is 2.31 bits per heavy atom. The number of amides is 2. The van der Waals surface area contributed by atoms with Crippen molar-refractivity contribution < 1.29 is 37.7 Å². The second-order valence-corrected chi connectivity index (χ2v) is 14.1. The topological polar surface area (TPSA) is 94.6 Å². The average Bonchev–Trinajstić information content (AvgIpc) is 2.95. The Kier molecular flexibility index (Phi) is 11.2. The summed E-state index contributed by atoms with van der Waals surface area (Å²) in [6, 6.07) is 9.90. The van der Waals surface area contributed by atoms with E-state index in [1.165, 1.54) is 37.8 Å². The van der Waals surface area contributed by atoms with Crippen molar-refractivity contribution in [1.82, 2.24) is 9.80 Å². The van der Waals surface area contributed by atoms with Gasteiger partial charge in [-0.25, -0.2) is 14.0 Å². The number of ether oxygens (including phenoxy) is 4. The number of carbonyl (C=O) groups is 3. The van der Waals surface area contributed by atoms with E-state index in [0.29, 0.717) is 21.5 Å². The molecule has 2 heterocycles. The molecule has 0 saturated carbocycles. The molecule has 244 valence electrons. The number of halogens is 5. The van der Waals surface area contributed by atoms with Crippen molar-refractivity contribution in [2.45, 2.75) is 55.6 Å². The summed E-state index contributed by atoms with van der Waals surface area (Å²) in [5, 5.41) is 0. The summed E-state index contributed by atoms with van der Waals surface area (Å²) < 4.78 is 34.7. The fourth-order valence-electron chi connectivity index (χ4n) is 5.16. The highest BCUT2D eigenvalue weighted by molar-refractivity contribution is 9.10. The van der Waals surface area contributed by atoms with E-state index in [9.17, 15) is 18.8 Å². The van der Waals surface area contributed by atoms with Crippen LogP contribution in [0.1, 0.15) is 39.7 Å². The normalized spacial score (nSPS) is 18.4. The highest BCUT2D eigenvalue weighted by Crippen LogP contribution is 2.43. The average molecular weight is 751 g/mol. The van der Waals surface area contributed by atoms with Gasteiger partial charge in [0.05, 0.1) is 28.7 Å². The van der Waals surface area contributed by atoms with Crippen molar-refractivity contribution in [1.29, 1.82) is 0 Å². The molecule has 2 unspecified atom stereocenters. The van der Waals surface area contributed by atoms with Gasteiger partial charge >= 0.3 is 12.1 Å². The molecule has 0 spiro atoms. The van der Waals surface area contributed by atoms with Crippen molar-refractivity contribution in [2.24, 2.45) is 0 Å². The van der Waals surface area contributed by atoms with Gasteiger partial charge in [-0.2, -0.15) is 0 Å². The summed E-state index contributed by atoms with van der Waals surface area (Å²) >= 11 is 21.6. The minimum Gasteiger partial charge on any atom is -0.490 e. The molecule has 0 aliphatic carbocycles. The van der Waals surface area contributed by atoms with Gasteiger partial charge in [0.1, 0.15) is 30.5 Å². The minimum atomic E-state index is -1.92. The Morgan fingerprint density at radius 1 is 1.02 bits per heavy atom. The molecule has 45 heavy (non-hydrogen) atoms. The molecule has 0 N–H and O–H groups in total. The van der Waals surface area contributed by atoms with Crippen LogP contribution in [0.2, 0.25) is 0 Å². The molecule has 4 rings (SSSR count). The van der Waals surface area contributed by atoms with E-state index in [2.05, 4.69) is 15.9 Å². The molecule has 2 aliphatic rings. The predicted octanol–water partition coefficient (Wildman–Crippen LogP) is 6.95. The number of piperazine rings is 1. The van der Waals surface area contributed by atoms with Gasteiger partial charge in [-0.15, -0.1) is 0 Å². The van der Waals surface area contributed by atoms with Gasteiger partial charge in [0, 0.05) is 26.1 Å². The lowest BCUT2D eigenvalue weighted by molar-refractivity contribution is -0.142. The molecular formula is C31H33BrCl3FN2O7. The zero-order valence-electron chi connectivity index (χ0n) is 25.1. The molecule has 1 saturated heterocycles. The highest BCUT2D eigenvalue weighted by Gasteiger charge is 2.51. The number of rotatable bonds is 9. The largest absolute Gasteiger partial charge is 0.490 e. The van der Waals surface area contributed by atoms with Crippen molar-refractivity contribution in [2.75, 3.05) is 32.9 Å². The van der Waals surface area contributed by atoms with Crippen molar-refractivity contribution in [3.63, 3.8) is 0 Å². The van der Waals surface area contributed by atoms with Gasteiger partial charge in [-0.3, -0.25) is 9.69 Å².